The standard InChI is InChI=1S/C15H17N9/c1-3-22-9-11(6-17-22)5-14-16-8-13-15(19-14)24(21-20-13)12-7-18-23(4-2)10-12/h6-10H,3-5H2,1-2H3. The minimum absolute atomic E-state index is 0.620. The van der Waals surface area contributed by atoms with E-state index in [0.29, 0.717) is 23.4 Å². The fourth-order valence-electron chi connectivity index (χ4n) is 2.51. The van der Waals surface area contributed by atoms with Crippen LogP contribution in [0.25, 0.3) is 16.9 Å². The Bertz CT molecular complexity index is 978. The number of aromatic nitrogens is 9. The average molecular weight is 323 g/mol. The maximum absolute atomic E-state index is 4.63. The van der Waals surface area contributed by atoms with Gasteiger partial charge < -0.3 is 0 Å². The van der Waals surface area contributed by atoms with Crippen LogP contribution in [0, 0.1) is 0 Å². The van der Waals surface area contributed by atoms with Crippen molar-refractivity contribution < 1.29 is 0 Å². The molecule has 0 fully saturated rings. The highest BCUT2D eigenvalue weighted by Crippen LogP contribution is 2.14. The molecule has 9 heteroatoms. The zero-order chi connectivity index (χ0) is 16.5. The number of aryl methyl sites for hydroxylation is 2. The van der Waals surface area contributed by atoms with Crippen LogP contribution in [0.4, 0.5) is 0 Å². The van der Waals surface area contributed by atoms with E-state index in [9.17, 15) is 0 Å². The van der Waals surface area contributed by atoms with Crippen molar-refractivity contribution in [2.45, 2.75) is 33.4 Å². The molecular formula is C15H17N9. The molecule has 0 aliphatic carbocycles. The molecule has 4 rings (SSSR count). The van der Waals surface area contributed by atoms with Crippen molar-refractivity contribution in [2.75, 3.05) is 0 Å². The van der Waals surface area contributed by atoms with Gasteiger partial charge in [0.15, 0.2) is 11.2 Å². The molecular weight excluding hydrogens is 306 g/mol. The van der Waals surface area contributed by atoms with Gasteiger partial charge in [0.05, 0.1) is 24.8 Å². The van der Waals surface area contributed by atoms with Gasteiger partial charge in [-0.15, -0.1) is 5.10 Å². The molecule has 122 valence electrons. The number of hydrogen-bond donors (Lipinski definition) is 0. The van der Waals surface area contributed by atoms with E-state index in [-0.39, 0.29) is 0 Å². The Morgan fingerprint density at radius 1 is 0.958 bits per heavy atom. The first-order chi connectivity index (χ1) is 11.8. The maximum atomic E-state index is 4.63. The van der Waals surface area contributed by atoms with Crippen LogP contribution in [-0.4, -0.2) is 44.5 Å². The summed E-state index contributed by atoms with van der Waals surface area (Å²) in [7, 11) is 0. The van der Waals surface area contributed by atoms with Gasteiger partial charge in [0.2, 0.25) is 0 Å². The van der Waals surface area contributed by atoms with Crippen LogP contribution in [0.1, 0.15) is 25.2 Å². The Balaban J connectivity index is 1.69. The third kappa shape index (κ3) is 2.53. The summed E-state index contributed by atoms with van der Waals surface area (Å²) in [6.45, 7) is 5.74. The van der Waals surface area contributed by atoms with Crippen LogP contribution in [0.15, 0.2) is 31.0 Å². The second kappa shape index (κ2) is 5.84. The fraction of sp³-hybridized carbons (Fsp3) is 0.333. The van der Waals surface area contributed by atoms with Crippen LogP contribution >= 0.6 is 0 Å². The third-order valence-corrected chi connectivity index (χ3v) is 3.80. The van der Waals surface area contributed by atoms with E-state index in [4.69, 9.17) is 0 Å². The second-order valence-electron chi connectivity index (χ2n) is 5.43. The Labute approximate surface area is 138 Å². The van der Waals surface area contributed by atoms with Crippen molar-refractivity contribution >= 4 is 11.2 Å². The molecule has 4 aromatic heterocycles. The SMILES string of the molecule is CCn1cc(Cc2ncc3nnn(-c4cnn(CC)c4)c3n2)cn1. The molecule has 9 nitrogen and oxygen atoms in total. The lowest BCUT2D eigenvalue weighted by molar-refractivity contribution is 0.659. The lowest BCUT2D eigenvalue weighted by Gasteiger charge is -2.00. The smallest absolute Gasteiger partial charge is 0.187 e. The minimum atomic E-state index is 0.620. The van der Waals surface area contributed by atoms with E-state index >= 15 is 0 Å². The van der Waals surface area contributed by atoms with Crippen molar-refractivity contribution in [1.29, 1.82) is 0 Å². The van der Waals surface area contributed by atoms with Crippen molar-refractivity contribution in [2.24, 2.45) is 0 Å². The van der Waals surface area contributed by atoms with E-state index in [1.807, 2.05) is 34.9 Å². The minimum Gasteiger partial charge on any atom is -0.273 e. The highest BCUT2D eigenvalue weighted by atomic mass is 15.5. The Hall–Kier alpha value is -3.10. The molecule has 0 atom stereocenters. The predicted octanol–water partition coefficient (Wildman–Crippen LogP) is 1.23. The molecule has 0 unspecified atom stereocenters. The predicted molar refractivity (Wildman–Crippen MR) is 86.6 cm³/mol. The van der Waals surface area contributed by atoms with Crippen molar-refractivity contribution in [3.63, 3.8) is 0 Å². The number of fused-ring (bicyclic) bond motifs is 1. The fourth-order valence-corrected chi connectivity index (χ4v) is 2.51. The molecule has 0 aliphatic heterocycles. The van der Waals surface area contributed by atoms with Gasteiger partial charge in [0.25, 0.3) is 0 Å². The molecule has 4 heterocycles. The van der Waals surface area contributed by atoms with E-state index in [1.54, 1.807) is 17.1 Å². The molecule has 0 saturated heterocycles. The average Bonchev–Trinajstić information content (AvgIpc) is 3.33. The molecule has 4 aromatic rings. The Morgan fingerprint density at radius 2 is 1.75 bits per heavy atom. The topological polar surface area (TPSA) is 92.1 Å². The van der Waals surface area contributed by atoms with Gasteiger partial charge in [-0.05, 0) is 19.4 Å². The maximum Gasteiger partial charge on any atom is 0.187 e. The van der Waals surface area contributed by atoms with Crippen LogP contribution in [0.2, 0.25) is 0 Å². The molecule has 0 bridgehead atoms. The van der Waals surface area contributed by atoms with E-state index in [1.165, 1.54) is 0 Å². The van der Waals surface area contributed by atoms with E-state index < -0.39 is 0 Å². The first kappa shape index (κ1) is 14.5. The Kier molecular flexibility index (Phi) is 3.52. The molecule has 0 saturated carbocycles. The van der Waals surface area contributed by atoms with Crippen molar-refractivity contribution in [3.8, 4) is 5.69 Å². The highest BCUT2D eigenvalue weighted by Gasteiger charge is 2.12. The Morgan fingerprint density at radius 3 is 2.50 bits per heavy atom. The van der Waals surface area contributed by atoms with E-state index in [0.717, 1.165) is 24.3 Å². The van der Waals surface area contributed by atoms with Gasteiger partial charge in [-0.2, -0.15) is 14.9 Å². The van der Waals surface area contributed by atoms with Gasteiger partial charge in [-0.3, -0.25) is 9.36 Å². The number of rotatable bonds is 5. The summed E-state index contributed by atoms with van der Waals surface area (Å²) in [5.74, 6) is 0.713. The van der Waals surface area contributed by atoms with Gasteiger partial charge in [0, 0.05) is 25.7 Å². The molecule has 0 aliphatic rings. The highest BCUT2D eigenvalue weighted by molar-refractivity contribution is 5.70. The summed E-state index contributed by atoms with van der Waals surface area (Å²) < 4.78 is 5.41. The summed E-state index contributed by atoms with van der Waals surface area (Å²) in [4.78, 5) is 9.01. The molecule has 0 spiro atoms. The normalized spacial score (nSPS) is 11.4. The first-order valence-electron chi connectivity index (χ1n) is 7.88. The largest absolute Gasteiger partial charge is 0.273 e. The monoisotopic (exact) mass is 323 g/mol. The summed E-state index contributed by atoms with van der Waals surface area (Å²) in [6, 6.07) is 0. The van der Waals surface area contributed by atoms with Gasteiger partial charge >= 0.3 is 0 Å². The first-order valence-corrected chi connectivity index (χ1v) is 7.88. The number of hydrogen-bond acceptors (Lipinski definition) is 6. The molecule has 0 amide bonds. The lowest BCUT2D eigenvalue weighted by Crippen LogP contribution is -2.01. The molecule has 24 heavy (non-hydrogen) atoms. The molecule has 0 radical (unpaired) electrons. The number of nitrogens with zero attached hydrogens (tertiary/aromatic N) is 9. The van der Waals surface area contributed by atoms with Crippen LogP contribution in [0.5, 0.6) is 0 Å². The van der Waals surface area contributed by atoms with Gasteiger partial charge in [-0.1, -0.05) is 5.21 Å². The summed E-state index contributed by atoms with van der Waals surface area (Å²) in [5.41, 5.74) is 3.25. The van der Waals surface area contributed by atoms with Crippen molar-refractivity contribution in [1.82, 2.24) is 44.5 Å². The lowest BCUT2D eigenvalue weighted by atomic mass is 10.2. The zero-order valence-corrected chi connectivity index (χ0v) is 13.5. The summed E-state index contributed by atoms with van der Waals surface area (Å²) in [5, 5.41) is 16.9. The summed E-state index contributed by atoms with van der Waals surface area (Å²) >= 11 is 0. The van der Waals surface area contributed by atoms with Crippen molar-refractivity contribution in [3.05, 3.63) is 42.4 Å². The van der Waals surface area contributed by atoms with Gasteiger partial charge in [-0.25, -0.2) is 9.97 Å². The zero-order valence-electron chi connectivity index (χ0n) is 13.5. The van der Waals surface area contributed by atoms with Crippen LogP contribution in [0.3, 0.4) is 0 Å². The molecule has 0 aromatic carbocycles. The summed E-state index contributed by atoms with van der Waals surface area (Å²) in [6.07, 6.45) is 9.85. The van der Waals surface area contributed by atoms with Crippen LogP contribution in [-0.2, 0) is 19.5 Å². The quantitative estimate of drug-likeness (QED) is 0.548. The second-order valence-corrected chi connectivity index (χ2v) is 5.43. The van der Waals surface area contributed by atoms with E-state index in [2.05, 4.69) is 37.4 Å². The van der Waals surface area contributed by atoms with Gasteiger partial charge in [0.1, 0.15) is 11.5 Å². The third-order valence-electron chi connectivity index (χ3n) is 3.80. The molecule has 0 N–H and O–H groups in total. The van der Waals surface area contributed by atoms with Crippen LogP contribution < -0.4 is 0 Å².